The molecular formula is C25H27FN4O4. The number of nitrogens with one attached hydrogen (secondary N) is 1. The molecule has 1 aliphatic carbocycles. The van der Waals surface area contributed by atoms with Crippen molar-refractivity contribution < 1.29 is 23.8 Å². The number of nitrogens with zero attached hydrogens (tertiary/aromatic N) is 2. The van der Waals surface area contributed by atoms with E-state index in [4.69, 9.17) is 15.2 Å². The Morgan fingerprint density at radius 2 is 2.21 bits per heavy atom. The summed E-state index contributed by atoms with van der Waals surface area (Å²) in [5.41, 5.74) is 5.42. The summed E-state index contributed by atoms with van der Waals surface area (Å²) in [6.07, 6.45) is 2.11. The Hall–Kier alpha value is -3.64. The van der Waals surface area contributed by atoms with E-state index in [1.807, 2.05) is 6.92 Å². The van der Waals surface area contributed by atoms with Crippen molar-refractivity contribution in [1.29, 1.82) is 0 Å². The van der Waals surface area contributed by atoms with Gasteiger partial charge in [0.15, 0.2) is 0 Å². The molecule has 178 valence electrons. The molecule has 2 aliphatic rings. The van der Waals surface area contributed by atoms with Gasteiger partial charge in [-0.3, -0.25) is 4.79 Å². The average molecular weight is 467 g/mol. The van der Waals surface area contributed by atoms with E-state index < -0.39 is 22.9 Å². The lowest BCUT2D eigenvalue weighted by Crippen LogP contribution is -2.35. The first-order valence-electron chi connectivity index (χ1n) is 10.9. The SMILES string of the molecule is Cc1cc(OCC#CC(C)(C)O)cnc1C(=O)Nc1ccc(F)c([C@]2(C)N=C(N)O[C@H]3C[C@H]32)c1. The summed E-state index contributed by atoms with van der Waals surface area (Å²) >= 11 is 0. The first-order chi connectivity index (χ1) is 16.0. The number of halogens is 1. The van der Waals surface area contributed by atoms with Gasteiger partial charge in [0, 0.05) is 17.2 Å². The van der Waals surface area contributed by atoms with Crippen LogP contribution in [0.5, 0.6) is 5.75 Å². The van der Waals surface area contributed by atoms with E-state index in [0.29, 0.717) is 22.6 Å². The Kier molecular flexibility index (Phi) is 5.96. The molecule has 0 saturated heterocycles. The largest absolute Gasteiger partial charge is 0.479 e. The Bertz CT molecular complexity index is 1230. The van der Waals surface area contributed by atoms with Gasteiger partial charge in [0.2, 0.25) is 0 Å². The fourth-order valence-electron chi connectivity index (χ4n) is 4.07. The van der Waals surface area contributed by atoms with Crippen LogP contribution in [-0.4, -0.2) is 40.3 Å². The highest BCUT2D eigenvalue weighted by atomic mass is 19.1. The zero-order valence-corrected chi connectivity index (χ0v) is 19.5. The first-order valence-corrected chi connectivity index (χ1v) is 10.9. The Morgan fingerprint density at radius 3 is 2.91 bits per heavy atom. The Balaban J connectivity index is 1.48. The van der Waals surface area contributed by atoms with Crippen LogP contribution < -0.4 is 15.8 Å². The number of aliphatic hydroxyl groups is 1. The molecule has 0 bridgehead atoms. The zero-order chi connectivity index (χ0) is 24.7. The lowest BCUT2D eigenvalue weighted by molar-refractivity contribution is 0.102. The number of carbonyl (C=O) groups is 1. The third-order valence-electron chi connectivity index (χ3n) is 5.81. The number of hydrogen-bond acceptors (Lipinski definition) is 7. The number of hydrogen-bond donors (Lipinski definition) is 3. The molecule has 4 N–H and O–H groups in total. The summed E-state index contributed by atoms with van der Waals surface area (Å²) in [5, 5.41) is 12.4. The fraction of sp³-hybridized carbons (Fsp3) is 0.400. The van der Waals surface area contributed by atoms with Crippen molar-refractivity contribution >= 4 is 17.6 Å². The smallest absolute Gasteiger partial charge is 0.283 e. The monoisotopic (exact) mass is 466 g/mol. The molecule has 1 aromatic carbocycles. The van der Waals surface area contributed by atoms with Gasteiger partial charge in [0.05, 0.1) is 11.7 Å². The van der Waals surface area contributed by atoms with Gasteiger partial charge in [-0.05, 0) is 63.9 Å². The minimum atomic E-state index is -1.10. The van der Waals surface area contributed by atoms with Gasteiger partial charge < -0.3 is 25.6 Å². The molecule has 1 saturated carbocycles. The van der Waals surface area contributed by atoms with Gasteiger partial charge >= 0.3 is 0 Å². The molecule has 0 unspecified atom stereocenters. The molecule has 2 aromatic rings. The number of amidine groups is 1. The van der Waals surface area contributed by atoms with E-state index in [9.17, 15) is 14.3 Å². The van der Waals surface area contributed by atoms with Gasteiger partial charge in [-0.2, -0.15) is 0 Å². The second-order valence-electron chi connectivity index (χ2n) is 9.23. The molecule has 3 atom stereocenters. The normalized spacial score (nSPS) is 22.9. The van der Waals surface area contributed by atoms with Crippen molar-refractivity contribution in [2.45, 2.75) is 51.4 Å². The molecule has 9 heteroatoms. The van der Waals surface area contributed by atoms with Crippen LogP contribution in [0.25, 0.3) is 0 Å². The van der Waals surface area contributed by atoms with E-state index in [1.54, 1.807) is 32.9 Å². The number of aromatic nitrogens is 1. The number of carbonyl (C=O) groups excluding carboxylic acids is 1. The van der Waals surface area contributed by atoms with Crippen LogP contribution in [0.1, 0.15) is 48.8 Å². The van der Waals surface area contributed by atoms with Crippen LogP contribution in [0.3, 0.4) is 0 Å². The topological polar surface area (TPSA) is 119 Å². The van der Waals surface area contributed by atoms with Crippen molar-refractivity contribution in [3.05, 3.63) is 53.1 Å². The molecule has 2 heterocycles. The number of nitrogens with two attached hydrogens (primary N) is 1. The second-order valence-corrected chi connectivity index (χ2v) is 9.23. The van der Waals surface area contributed by atoms with Crippen molar-refractivity contribution in [2.75, 3.05) is 11.9 Å². The van der Waals surface area contributed by atoms with Crippen molar-refractivity contribution in [2.24, 2.45) is 16.6 Å². The number of pyridine rings is 1. The minimum absolute atomic E-state index is 0.0323. The fourth-order valence-corrected chi connectivity index (χ4v) is 4.07. The molecule has 1 aromatic heterocycles. The van der Waals surface area contributed by atoms with Crippen molar-refractivity contribution in [3.8, 4) is 17.6 Å². The van der Waals surface area contributed by atoms with E-state index >= 15 is 0 Å². The quantitative estimate of drug-likeness (QED) is 0.583. The van der Waals surface area contributed by atoms with Gasteiger partial charge in [-0.25, -0.2) is 14.4 Å². The summed E-state index contributed by atoms with van der Waals surface area (Å²) in [6.45, 7) is 6.80. The molecule has 4 rings (SSSR count). The minimum Gasteiger partial charge on any atom is -0.479 e. The average Bonchev–Trinajstić information content (AvgIpc) is 3.52. The van der Waals surface area contributed by atoms with E-state index in [0.717, 1.165) is 6.42 Å². The van der Waals surface area contributed by atoms with E-state index in [2.05, 4.69) is 27.1 Å². The maximum atomic E-state index is 14.8. The number of amides is 1. The molecule has 1 fully saturated rings. The third kappa shape index (κ3) is 4.97. The predicted octanol–water partition coefficient (Wildman–Crippen LogP) is 2.88. The molecule has 8 nitrogen and oxygen atoms in total. The maximum Gasteiger partial charge on any atom is 0.283 e. The van der Waals surface area contributed by atoms with Crippen LogP contribution >= 0.6 is 0 Å². The number of aryl methyl sites for hydroxylation is 1. The molecule has 34 heavy (non-hydrogen) atoms. The van der Waals surface area contributed by atoms with Crippen molar-refractivity contribution in [1.82, 2.24) is 4.98 Å². The number of fused-ring (bicyclic) bond motifs is 1. The maximum absolute atomic E-state index is 14.8. The number of anilines is 1. The highest BCUT2D eigenvalue weighted by Gasteiger charge is 2.57. The highest BCUT2D eigenvalue weighted by Crippen LogP contribution is 2.53. The predicted molar refractivity (Wildman–Crippen MR) is 125 cm³/mol. The number of benzene rings is 1. The number of aliphatic imine (C=N–C) groups is 1. The van der Waals surface area contributed by atoms with Gasteiger partial charge in [0.25, 0.3) is 11.9 Å². The van der Waals surface area contributed by atoms with Crippen LogP contribution in [0.2, 0.25) is 0 Å². The standard InChI is InChI=1S/C25H27FN4O4/c1-14-10-16(33-9-5-8-24(2,3)32)13-28-21(14)22(31)29-15-6-7-19(26)17(11-15)25(4)18-12-20(18)34-23(27)30-25/h6-7,10-11,13,18,20,32H,9,12H2,1-4H3,(H2,27,30)(H,29,31)/t18-,20+,25+/m1/s1. The lowest BCUT2D eigenvalue weighted by Gasteiger charge is -2.30. The summed E-state index contributed by atoms with van der Waals surface area (Å²) in [6, 6.07) is 6.10. The van der Waals surface area contributed by atoms with E-state index in [1.165, 1.54) is 18.3 Å². The number of rotatable bonds is 5. The lowest BCUT2D eigenvalue weighted by atomic mass is 9.86. The van der Waals surface area contributed by atoms with Crippen molar-refractivity contribution in [3.63, 3.8) is 0 Å². The van der Waals surface area contributed by atoms with Gasteiger partial charge in [-0.1, -0.05) is 11.8 Å². The zero-order valence-electron chi connectivity index (χ0n) is 19.5. The van der Waals surface area contributed by atoms with Crippen LogP contribution in [-0.2, 0) is 10.3 Å². The van der Waals surface area contributed by atoms with Crippen LogP contribution in [0, 0.1) is 30.5 Å². The second kappa shape index (κ2) is 8.61. The molecule has 1 aliphatic heterocycles. The number of ether oxygens (including phenoxy) is 2. The molecular weight excluding hydrogens is 439 g/mol. The third-order valence-corrected chi connectivity index (χ3v) is 5.81. The molecule has 0 spiro atoms. The summed E-state index contributed by atoms with van der Waals surface area (Å²) in [4.78, 5) is 21.5. The Labute approximate surface area is 197 Å². The molecule has 0 radical (unpaired) electrons. The van der Waals surface area contributed by atoms with Crippen LogP contribution in [0.4, 0.5) is 10.1 Å². The Morgan fingerprint density at radius 1 is 1.44 bits per heavy atom. The summed E-state index contributed by atoms with van der Waals surface area (Å²) in [7, 11) is 0. The van der Waals surface area contributed by atoms with Crippen LogP contribution in [0.15, 0.2) is 35.5 Å². The van der Waals surface area contributed by atoms with Gasteiger partial charge in [0.1, 0.15) is 35.6 Å². The van der Waals surface area contributed by atoms with E-state index in [-0.39, 0.29) is 30.3 Å². The van der Waals surface area contributed by atoms with Gasteiger partial charge in [-0.15, -0.1) is 0 Å². The highest BCUT2D eigenvalue weighted by molar-refractivity contribution is 6.03. The first kappa shape index (κ1) is 23.5. The molecule has 1 amide bonds. The summed E-state index contributed by atoms with van der Waals surface area (Å²) in [5.74, 6) is 5.00. The summed E-state index contributed by atoms with van der Waals surface area (Å²) < 4.78 is 25.7.